The predicted octanol–water partition coefficient (Wildman–Crippen LogP) is 3.72. The fraction of sp³-hybridized carbons (Fsp3) is 0.409. The maximum atomic E-state index is 12.7. The molecule has 7 nitrogen and oxygen atoms in total. The van der Waals surface area contributed by atoms with Crippen LogP contribution in [-0.2, 0) is 10.0 Å². The second-order valence-electron chi connectivity index (χ2n) is 7.12. The highest BCUT2D eigenvalue weighted by Crippen LogP contribution is 2.25. The van der Waals surface area contributed by atoms with Crippen LogP contribution in [0.25, 0.3) is 0 Å². The van der Waals surface area contributed by atoms with E-state index in [1.165, 1.54) is 4.31 Å². The Morgan fingerprint density at radius 2 is 1.77 bits per heavy atom. The number of carbonyl (C=O) groups excluding carboxylic acids is 1. The Labute approximate surface area is 188 Å². The molecule has 0 bridgehead atoms. The van der Waals surface area contributed by atoms with Crippen molar-refractivity contribution in [1.29, 1.82) is 0 Å². The largest absolute Gasteiger partial charge is 0.492 e. The molecule has 0 unspecified atom stereocenters. The first-order valence-electron chi connectivity index (χ1n) is 10.4. The number of hydrogen-bond donors (Lipinski definition) is 1. The number of nitrogens with zero attached hydrogens (tertiary/aromatic N) is 1. The first kappa shape index (κ1) is 23.4. The molecule has 31 heavy (non-hydrogen) atoms. The average Bonchev–Trinajstić information content (AvgIpc) is 2.79. The Hall–Kier alpha value is -2.29. The molecule has 1 fully saturated rings. The van der Waals surface area contributed by atoms with E-state index in [0.717, 1.165) is 19.3 Å². The third-order valence-corrected chi connectivity index (χ3v) is 7.14. The van der Waals surface area contributed by atoms with Gasteiger partial charge in [-0.3, -0.25) is 4.79 Å². The molecule has 1 amide bonds. The summed E-state index contributed by atoms with van der Waals surface area (Å²) in [6.45, 7) is 4.03. The van der Waals surface area contributed by atoms with E-state index in [1.54, 1.807) is 42.5 Å². The minimum Gasteiger partial charge on any atom is -0.492 e. The van der Waals surface area contributed by atoms with Crippen LogP contribution in [0.5, 0.6) is 11.5 Å². The lowest BCUT2D eigenvalue weighted by molar-refractivity contribution is 0.0947. The Balaban J connectivity index is 1.47. The number of sulfonamides is 1. The molecule has 1 saturated heterocycles. The Morgan fingerprint density at radius 3 is 2.42 bits per heavy atom. The average molecular weight is 467 g/mol. The van der Waals surface area contributed by atoms with Gasteiger partial charge in [0.25, 0.3) is 5.91 Å². The van der Waals surface area contributed by atoms with Crippen LogP contribution < -0.4 is 14.8 Å². The lowest BCUT2D eigenvalue weighted by Gasteiger charge is -2.25. The second kappa shape index (κ2) is 10.8. The topological polar surface area (TPSA) is 84.9 Å². The third kappa shape index (κ3) is 6.12. The normalized spacial score (nSPS) is 14.8. The van der Waals surface area contributed by atoms with Crippen molar-refractivity contribution in [2.45, 2.75) is 31.1 Å². The van der Waals surface area contributed by atoms with Crippen molar-refractivity contribution in [3.05, 3.63) is 53.1 Å². The van der Waals surface area contributed by atoms with E-state index in [4.69, 9.17) is 21.1 Å². The minimum atomic E-state index is -3.46. The number of amides is 1. The molecule has 3 rings (SSSR count). The van der Waals surface area contributed by atoms with E-state index in [2.05, 4.69) is 5.32 Å². The van der Waals surface area contributed by atoms with Crippen LogP contribution in [0, 0.1) is 0 Å². The maximum absolute atomic E-state index is 12.7. The summed E-state index contributed by atoms with van der Waals surface area (Å²) in [5.74, 6) is 0.808. The van der Waals surface area contributed by atoms with Gasteiger partial charge in [-0.15, -0.1) is 0 Å². The Morgan fingerprint density at radius 1 is 1.06 bits per heavy atom. The van der Waals surface area contributed by atoms with Crippen LogP contribution in [0.1, 0.15) is 36.5 Å². The number of nitrogens with one attached hydrogen (secondary N) is 1. The number of rotatable bonds is 9. The molecule has 0 aliphatic carbocycles. The monoisotopic (exact) mass is 466 g/mol. The van der Waals surface area contributed by atoms with E-state index in [0.29, 0.717) is 41.8 Å². The van der Waals surface area contributed by atoms with Crippen LogP contribution in [-0.4, -0.2) is 51.5 Å². The van der Waals surface area contributed by atoms with E-state index in [1.807, 2.05) is 6.92 Å². The van der Waals surface area contributed by atoms with Gasteiger partial charge in [0.15, 0.2) is 0 Å². The second-order valence-corrected chi connectivity index (χ2v) is 9.46. The van der Waals surface area contributed by atoms with Crippen LogP contribution in [0.15, 0.2) is 47.4 Å². The number of halogens is 1. The molecule has 0 spiro atoms. The fourth-order valence-electron chi connectivity index (χ4n) is 3.31. The quantitative estimate of drug-likeness (QED) is 0.569. The number of benzene rings is 2. The fourth-order valence-corrected chi connectivity index (χ4v) is 5.06. The van der Waals surface area contributed by atoms with Crippen LogP contribution in [0.4, 0.5) is 0 Å². The van der Waals surface area contributed by atoms with Crippen molar-refractivity contribution in [2.24, 2.45) is 0 Å². The van der Waals surface area contributed by atoms with Crippen molar-refractivity contribution in [1.82, 2.24) is 9.62 Å². The maximum Gasteiger partial charge on any atom is 0.251 e. The lowest BCUT2D eigenvalue weighted by atomic mass is 10.2. The standard InChI is InChI=1S/C22H27ClN2O5S/c1-2-29-21-11-6-17(16-20(21)23)22(26)24-12-15-30-18-7-9-19(10-8-18)31(27,28)25-13-4-3-5-14-25/h6-11,16H,2-5,12-15H2,1H3,(H,24,26). The van der Waals surface area contributed by atoms with Crippen molar-refractivity contribution in [3.63, 3.8) is 0 Å². The summed E-state index contributed by atoms with van der Waals surface area (Å²) < 4.78 is 37.8. The number of carbonyl (C=O) groups is 1. The van der Waals surface area contributed by atoms with E-state index < -0.39 is 10.0 Å². The molecule has 168 valence electrons. The summed E-state index contributed by atoms with van der Waals surface area (Å²) in [5.41, 5.74) is 0.431. The van der Waals surface area contributed by atoms with Crippen LogP contribution >= 0.6 is 11.6 Å². The van der Waals surface area contributed by atoms with Crippen molar-refractivity contribution < 1.29 is 22.7 Å². The number of hydrogen-bond acceptors (Lipinski definition) is 5. The number of ether oxygens (including phenoxy) is 2. The first-order chi connectivity index (χ1) is 14.9. The summed E-state index contributed by atoms with van der Waals surface area (Å²) in [5, 5.41) is 3.14. The molecule has 1 aliphatic heterocycles. The van der Waals surface area contributed by atoms with Crippen LogP contribution in [0.3, 0.4) is 0 Å². The predicted molar refractivity (Wildman–Crippen MR) is 120 cm³/mol. The van der Waals surface area contributed by atoms with Gasteiger partial charge in [0.1, 0.15) is 18.1 Å². The molecule has 2 aromatic rings. The zero-order chi connectivity index (χ0) is 22.3. The van der Waals surface area contributed by atoms with Crippen molar-refractivity contribution in [3.8, 4) is 11.5 Å². The Bertz CT molecular complexity index is 989. The van der Waals surface area contributed by atoms with Gasteiger partial charge in [0, 0.05) is 18.7 Å². The zero-order valence-electron chi connectivity index (χ0n) is 17.5. The van der Waals surface area contributed by atoms with Gasteiger partial charge in [-0.1, -0.05) is 18.0 Å². The van der Waals surface area contributed by atoms with Gasteiger partial charge in [-0.25, -0.2) is 8.42 Å². The Kier molecular flexibility index (Phi) is 8.17. The van der Waals surface area contributed by atoms with Crippen molar-refractivity contribution >= 4 is 27.5 Å². The van der Waals surface area contributed by atoms with Gasteiger partial charge in [-0.05, 0) is 62.2 Å². The molecule has 1 heterocycles. The van der Waals surface area contributed by atoms with Gasteiger partial charge in [0.2, 0.25) is 10.0 Å². The summed E-state index contributed by atoms with van der Waals surface area (Å²) in [7, 11) is -3.46. The van der Waals surface area contributed by atoms with Crippen molar-refractivity contribution in [2.75, 3.05) is 32.8 Å². The molecule has 0 radical (unpaired) electrons. The highest BCUT2D eigenvalue weighted by Gasteiger charge is 2.25. The lowest BCUT2D eigenvalue weighted by Crippen LogP contribution is -2.35. The van der Waals surface area contributed by atoms with E-state index in [-0.39, 0.29) is 24.0 Å². The summed E-state index contributed by atoms with van der Waals surface area (Å²) in [6.07, 6.45) is 2.87. The molecule has 2 aromatic carbocycles. The van der Waals surface area contributed by atoms with E-state index in [9.17, 15) is 13.2 Å². The number of piperidine rings is 1. The molecular weight excluding hydrogens is 440 g/mol. The highest BCUT2D eigenvalue weighted by molar-refractivity contribution is 7.89. The van der Waals surface area contributed by atoms with E-state index >= 15 is 0 Å². The van der Waals surface area contributed by atoms with Crippen LogP contribution in [0.2, 0.25) is 5.02 Å². The zero-order valence-corrected chi connectivity index (χ0v) is 19.0. The summed E-state index contributed by atoms with van der Waals surface area (Å²) in [6, 6.07) is 11.2. The smallest absolute Gasteiger partial charge is 0.251 e. The minimum absolute atomic E-state index is 0.245. The summed E-state index contributed by atoms with van der Waals surface area (Å²) >= 11 is 6.11. The highest BCUT2D eigenvalue weighted by atomic mass is 35.5. The molecule has 9 heteroatoms. The van der Waals surface area contributed by atoms with Gasteiger partial charge >= 0.3 is 0 Å². The molecule has 0 atom stereocenters. The molecule has 0 aromatic heterocycles. The van der Waals surface area contributed by atoms with Gasteiger partial charge in [-0.2, -0.15) is 4.31 Å². The molecule has 1 aliphatic rings. The molecule has 1 N–H and O–H groups in total. The molecular formula is C22H27ClN2O5S. The van der Waals surface area contributed by atoms with Gasteiger partial charge in [0.05, 0.1) is 23.1 Å². The molecule has 0 saturated carbocycles. The first-order valence-corrected chi connectivity index (χ1v) is 12.2. The van der Waals surface area contributed by atoms with Gasteiger partial charge < -0.3 is 14.8 Å². The summed E-state index contributed by atoms with van der Waals surface area (Å²) in [4.78, 5) is 12.5. The SMILES string of the molecule is CCOc1ccc(C(=O)NCCOc2ccc(S(=O)(=O)N3CCCCC3)cc2)cc1Cl. The third-order valence-electron chi connectivity index (χ3n) is 4.93.